The molecule has 0 N–H and O–H groups in total. The zero-order valence-electron chi connectivity index (χ0n) is 9.57. The van der Waals surface area contributed by atoms with Crippen molar-refractivity contribution in [3.8, 4) is 5.75 Å². The lowest BCUT2D eigenvalue weighted by Gasteiger charge is -2.07. The van der Waals surface area contributed by atoms with Gasteiger partial charge in [0.1, 0.15) is 5.75 Å². The van der Waals surface area contributed by atoms with E-state index in [-0.39, 0.29) is 5.78 Å². The van der Waals surface area contributed by atoms with Crippen molar-refractivity contribution in [3.63, 3.8) is 0 Å². The lowest BCUT2D eigenvalue weighted by molar-refractivity contribution is 0.0991. The average Bonchev–Trinajstić information content (AvgIpc) is 2.74. The van der Waals surface area contributed by atoms with E-state index in [0.717, 1.165) is 8.66 Å². The van der Waals surface area contributed by atoms with Crippen LogP contribution in [0.15, 0.2) is 34.1 Å². The van der Waals surface area contributed by atoms with Gasteiger partial charge in [-0.2, -0.15) is 0 Å². The first-order valence-corrected chi connectivity index (χ1v) is 7.20. The molecule has 0 radical (unpaired) electrons. The second-order valence-corrected chi connectivity index (χ2v) is 6.63. The Labute approximate surface area is 123 Å². The van der Waals surface area contributed by atoms with Crippen LogP contribution in [0.25, 0.3) is 0 Å². The fourth-order valence-corrected chi connectivity index (χ4v) is 3.24. The van der Waals surface area contributed by atoms with Crippen molar-refractivity contribution >= 4 is 44.7 Å². The van der Waals surface area contributed by atoms with Crippen LogP contribution in [0.5, 0.6) is 5.75 Å². The number of carbonyl (C=O) groups is 1. The van der Waals surface area contributed by atoms with Crippen LogP contribution in [-0.2, 0) is 6.42 Å². The quantitative estimate of drug-likeness (QED) is 0.757. The summed E-state index contributed by atoms with van der Waals surface area (Å²) in [6, 6.07) is 8.92. The summed E-state index contributed by atoms with van der Waals surface area (Å²) in [7, 11) is 1.53. The second-order valence-electron chi connectivity index (χ2n) is 3.65. The molecule has 0 fully saturated rings. The predicted molar refractivity (Wildman–Crippen MR) is 78.1 cm³/mol. The van der Waals surface area contributed by atoms with Gasteiger partial charge in [-0.3, -0.25) is 4.79 Å². The van der Waals surface area contributed by atoms with Crippen molar-refractivity contribution in [1.82, 2.24) is 0 Å². The van der Waals surface area contributed by atoms with Crippen LogP contribution in [0.4, 0.5) is 0 Å². The van der Waals surface area contributed by atoms with Crippen LogP contribution >= 0.6 is 38.9 Å². The molecule has 5 heteroatoms. The van der Waals surface area contributed by atoms with Gasteiger partial charge < -0.3 is 4.74 Å². The number of methoxy groups -OCH3 is 1. The minimum Gasteiger partial charge on any atom is -0.496 e. The first kappa shape index (κ1) is 13.6. The van der Waals surface area contributed by atoms with E-state index in [1.807, 2.05) is 12.1 Å². The normalized spacial score (nSPS) is 10.4. The Morgan fingerprint density at radius 2 is 2.17 bits per heavy atom. The molecule has 0 saturated carbocycles. The van der Waals surface area contributed by atoms with E-state index >= 15 is 0 Å². The molecule has 0 unspecified atom stereocenters. The number of hydrogen-bond donors (Lipinski definition) is 0. The number of ether oxygens (including phenoxy) is 1. The number of Topliss-reactive ketones (excluding diaryl/α,β-unsaturated/α-hetero) is 1. The maximum Gasteiger partial charge on any atom is 0.171 e. The summed E-state index contributed by atoms with van der Waals surface area (Å²) >= 11 is 10.8. The highest BCUT2D eigenvalue weighted by atomic mass is 79.9. The highest BCUT2D eigenvalue weighted by Crippen LogP contribution is 2.27. The largest absolute Gasteiger partial charge is 0.496 e. The highest BCUT2D eigenvalue weighted by Gasteiger charge is 2.14. The van der Waals surface area contributed by atoms with E-state index in [0.29, 0.717) is 22.8 Å². The first-order valence-electron chi connectivity index (χ1n) is 5.21. The van der Waals surface area contributed by atoms with Gasteiger partial charge in [0.2, 0.25) is 0 Å². The van der Waals surface area contributed by atoms with Gasteiger partial charge in [0.15, 0.2) is 5.78 Å². The van der Waals surface area contributed by atoms with Crippen molar-refractivity contribution in [2.75, 3.05) is 7.11 Å². The van der Waals surface area contributed by atoms with Crippen LogP contribution < -0.4 is 4.74 Å². The molecule has 0 aliphatic heterocycles. The number of benzene rings is 1. The second kappa shape index (κ2) is 5.87. The molecule has 0 spiro atoms. The minimum absolute atomic E-state index is 0.0258. The molecule has 1 aromatic heterocycles. The summed E-state index contributed by atoms with van der Waals surface area (Å²) in [4.78, 5) is 13.2. The van der Waals surface area contributed by atoms with Gasteiger partial charge in [0.25, 0.3) is 0 Å². The molecule has 2 nitrogen and oxygen atoms in total. The molecular formula is C13H10BrClO2S. The fourth-order valence-electron chi connectivity index (χ4n) is 1.60. The van der Waals surface area contributed by atoms with Crippen LogP contribution in [0.3, 0.4) is 0 Å². The predicted octanol–water partition coefficient (Wildman–Crippen LogP) is 4.60. The maximum absolute atomic E-state index is 12.2. The monoisotopic (exact) mass is 344 g/mol. The van der Waals surface area contributed by atoms with Crippen molar-refractivity contribution in [1.29, 1.82) is 0 Å². The Kier molecular flexibility index (Phi) is 4.43. The first-order chi connectivity index (χ1) is 8.60. The number of ketones is 1. The Balaban J connectivity index is 2.23. The molecule has 18 heavy (non-hydrogen) atoms. The number of hydrogen-bond acceptors (Lipinski definition) is 3. The van der Waals surface area contributed by atoms with Gasteiger partial charge in [-0.15, -0.1) is 11.3 Å². The van der Waals surface area contributed by atoms with Crippen LogP contribution in [-0.4, -0.2) is 12.9 Å². The number of halogens is 2. The molecule has 94 valence electrons. The molecule has 0 bridgehead atoms. The zero-order valence-corrected chi connectivity index (χ0v) is 12.7. The number of thiophene rings is 1. The van der Waals surface area contributed by atoms with Crippen molar-refractivity contribution < 1.29 is 9.53 Å². The summed E-state index contributed by atoms with van der Waals surface area (Å²) in [6.45, 7) is 0. The van der Waals surface area contributed by atoms with Gasteiger partial charge in [-0.1, -0.05) is 11.6 Å². The van der Waals surface area contributed by atoms with Gasteiger partial charge >= 0.3 is 0 Å². The standard InChI is InChI=1S/C13H10BrClO2S/c1-17-12-6-8(15)2-4-10(12)11(16)7-9-3-5-13(14)18-9/h2-6H,7H2,1H3. The van der Waals surface area contributed by atoms with Crippen molar-refractivity contribution in [2.24, 2.45) is 0 Å². The van der Waals surface area contributed by atoms with Crippen LogP contribution in [0.2, 0.25) is 5.02 Å². The molecule has 0 aliphatic carbocycles. The highest BCUT2D eigenvalue weighted by molar-refractivity contribution is 9.11. The lowest BCUT2D eigenvalue weighted by atomic mass is 10.1. The fraction of sp³-hybridized carbons (Fsp3) is 0.154. The molecule has 0 aliphatic rings. The average molecular weight is 346 g/mol. The van der Waals surface area contributed by atoms with Gasteiger partial charge in [-0.25, -0.2) is 0 Å². The Morgan fingerprint density at radius 1 is 1.39 bits per heavy atom. The molecule has 2 rings (SSSR count). The topological polar surface area (TPSA) is 26.3 Å². The molecular weight excluding hydrogens is 336 g/mol. The SMILES string of the molecule is COc1cc(Cl)ccc1C(=O)Cc1ccc(Br)s1. The Hall–Kier alpha value is -0.840. The minimum atomic E-state index is 0.0258. The summed E-state index contributed by atoms with van der Waals surface area (Å²) in [5.41, 5.74) is 0.562. The lowest BCUT2D eigenvalue weighted by Crippen LogP contribution is -2.04. The van der Waals surface area contributed by atoms with Crippen LogP contribution in [0.1, 0.15) is 15.2 Å². The van der Waals surface area contributed by atoms with E-state index in [4.69, 9.17) is 16.3 Å². The van der Waals surface area contributed by atoms with E-state index in [1.165, 1.54) is 7.11 Å². The van der Waals surface area contributed by atoms with Gasteiger partial charge in [0, 0.05) is 16.3 Å². The third-order valence-corrected chi connectivity index (χ3v) is 4.29. The Morgan fingerprint density at radius 3 is 2.78 bits per heavy atom. The summed E-state index contributed by atoms with van der Waals surface area (Å²) in [6.07, 6.45) is 0.369. The summed E-state index contributed by atoms with van der Waals surface area (Å²) in [5, 5.41) is 0.558. The van der Waals surface area contributed by atoms with Crippen molar-refractivity contribution in [2.45, 2.75) is 6.42 Å². The van der Waals surface area contributed by atoms with Gasteiger partial charge in [0.05, 0.1) is 16.5 Å². The number of rotatable bonds is 4. The molecule has 0 atom stereocenters. The third-order valence-electron chi connectivity index (χ3n) is 2.43. The summed E-state index contributed by atoms with van der Waals surface area (Å²) < 4.78 is 6.20. The van der Waals surface area contributed by atoms with E-state index in [1.54, 1.807) is 29.5 Å². The third kappa shape index (κ3) is 3.13. The molecule has 0 saturated heterocycles. The van der Waals surface area contributed by atoms with Crippen molar-refractivity contribution in [3.05, 3.63) is 49.6 Å². The van der Waals surface area contributed by atoms with E-state index in [9.17, 15) is 4.79 Å². The van der Waals surface area contributed by atoms with Gasteiger partial charge in [-0.05, 0) is 46.3 Å². The molecule has 0 amide bonds. The molecule has 2 aromatic rings. The maximum atomic E-state index is 12.2. The van der Waals surface area contributed by atoms with E-state index in [2.05, 4.69) is 15.9 Å². The Bertz CT molecular complexity index is 580. The van der Waals surface area contributed by atoms with Crippen LogP contribution in [0, 0.1) is 0 Å². The zero-order chi connectivity index (χ0) is 13.1. The molecule has 1 aromatic carbocycles. The summed E-state index contributed by atoms with van der Waals surface area (Å²) in [5.74, 6) is 0.543. The number of carbonyl (C=O) groups excluding carboxylic acids is 1. The van der Waals surface area contributed by atoms with E-state index < -0.39 is 0 Å². The smallest absolute Gasteiger partial charge is 0.171 e. The molecule has 1 heterocycles.